The van der Waals surface area contributed by atoms with Gasteiger partial charge < -0.3 is 9.47 Å². The van der Waals surface area contributed by atoms with Crippen LogP contribution in [0.1, 0.15) is 33.3 Å². The van der Waals surface area contributed by atoms with E-state index in [2.05, 4.69) is 15.5 Å². The zero-order valence-electron chi connectivity index (χ0n) is 19.2. The molecular weight excluding hydrogens is 446 g/mol. The highest BCUT2D eigenvalue weighted by atomic mass is 32.1. The summed E-state index contributed by atoms with van der Waals surface area (Å²) >= 11 is 1.55. The van der Waals surface area contributed by atoms with Crippen LogP contribution in [-0.2, 0) is 0 Å². The van der Waals surface area contributed by atoms with Crippen molar-refractivity contribution in [3.63, 3.8) is 0 Å². The molecule has 0 aliphatic heterocycles. The molecule has 0 bridgehead atoms. The zero-order valence-corrected chi connectivity index (χ0v) is 20.1. The third-order valence-corrected chi connectivity index (χ3v) is 5.85. The van der Waals surface area contributed by atoms with Crippen LogP contribution in [0.25, 0.3) is 11.3 Å². The van der Waals surface area contributed by atoms with Crippen molar-refractivity contribution in [1.82, 2.24) is 4.98 Å². The first kappa shape index (κ1) is 23.2. The van der Waals surface area contributed by atoms with E-state index in [1.165, 1.54) is 0 Å². The molecule has 4 rings (SSSR count). The van der Waals surface area contributed by atoms with Gasteiger partial charge in [-0.25, -0.2) is 9.78 Å². The van der Waals surface area contributed by atoms with Gasteiger partial charge >= 0.3 is 5.97 Å². The second-order valence-electron chi connectivity index (χ2n) is 7.55. The van der Waals surface area contributed by atoms with Crippen molar-refractivity contribution >= 4 is 28.7 Å². The highest BCUT2D eigenvalue weighted by Gasteiger charge is 2.13. The van der Waals surface area contributed by atoms with Crippen LogP contribution in [-0.4, -0.2) is 23.8 Å². The number of nitrogens with one attached hydrogen (secondary N) is 1. The Morgan fingerprint density at radius 2 is 1.79 bits per heavy atom. The Morgan fingerprint density at radius 3 is 2.53 bits per heavy atom. The maximum atomic E-state index is 12.5. The number of hydrogen-bond donors (Lipinski definition) is 1. The summed E-state index contributed by atoms with van der Waals surface area (Å²) in [7, 11) is 0. The molecule has 1 aromatic heterocycles. The van der Waals surface area contributed by atoms with Crippen LogP contribution in [0.5, 0.6) is 11.5 Å². The van der Waals surface area contributed by atoms with Crippen molar-refractivity contribution in [2.45, 2.75) is 20.8 Å². The van der Waals surface area contributed by atoms with Crippen LogP contribution in [0.4, 0.5) is 5.13 Å². The summed E-state index contributed by atoms with van der Waals surface area (Å²) in [5, 5.41) is 5.03. The fourth-order valence-electron chi connectivity index (χ4n) is 3.28. The molecule has 0 fully saturated rings. The molecular formula is C27H25N3O3S. The molecule has 0 aliphatic rings. The Kier molecular flexibility index (Phi) is 7.34. The first-order valence-corrected chi connectivity index (χ1v) is 11.7. The number of carbonyl (C=O) groups excluding carboxylic acids is 1. The van der Waals surface area contributed by atoms with Gasteiger partial charge in [0.15, 0.2) is 11.5 Å². The van der Waals surface area contributed by atoms with Crippen molar-refractivity contribution in [2.75, 3.05) is 12.0 Å². The van der Waals surface area contributed by atoms with E-state index in [4.69, 9.17) is 9.47 Å². The molecule has 4 aromatic rings. The minimum Gasteiger partial charge on any atom is -0.490 e. The fraction of sp³-hybridized carbons (Fsp3) is 0.148. The molecule has 172 valence electrons. The molecule has 0 atom stereocenters. The average molecular weight is 472 g/mol. The van der Waals surface area contributed by atoms with E-state index in [1.807, 2.05) is 69.3 Å². The van der Waals surface area contributed by atoms with Gasteiger partial charge in [0.1, 0.15) is 0 Å². The third-order valence-electron chi connectivity index (χ3n) is 4.98. The van der Waals surface area contributed by atoms with Crippen LogP contribution in [0.15, 0.2) is 77.9 Å². The van der Waals surface area contributed by atoms with Crippen molar-refractivity contribution < 1.29 is 14.3 Å². The molecule has 34 heavy (non-hydrogen) atoms. The smallest absolute Gasteiger partial charge is 0.343 e. The molecule has 3 aromatic carbocycles. The number of ether oxygens (including phenoxy) is 2. The van der Waals surface area contributed by atoms with E-state index in [9.17, 15) is 4.79 Å². The zero-order chi connectivity index (χ0) is 23.9. The molecule has 0 saturated heterocycles. The van der Waals surface area contributed by atoms with Crippen LogP contribution in [0.3, 0.4) is 0 Å². The summed E-state index contributed by atoms with van der Waals surface area (Å²) in [6.07, 6.45) is 1.67. The molecule has 0 unspecified atom stereocenters. The van der Waals surface area contributed by atoms with E-state index < -0.39 is 5.97 Å². The summed E-state index contributed by atoms with van der Waals surface area (Å²) in [6, 6.07) is 22.6. The Labute approximate surface area is 202 Å². The highest BCUT2D eigenvalue weighted by molar-refractivity contribution is 7.16. The normalized spacial score (nSPS) is 10.9. The topological polar surface area (TPSA) is 72.8 Å². The van der Waals surface area contributed by atoms with Crippen LogP contribution in [0, 0.1) is 13.8 Å². The molecule has 1 heterocycles. The Balaban J connectivity index is 1.46. The number of esters is 1. The largest absolute Gasteiger partial charge is 0.490 e. The van der Waals surface area contributed by atoms with E-state index >= 15 is 0 Å². The maximum absolute atomic E-state index is 12.5. The Hall–Kier alpha value is -3.97. The second-order valence-corrected chi connectivity index (χ2v) is 8.76. The van der Waals surface area contributed by atoms with Crippen LogP contribution >= 0.6 is 11.3 Å². The molecule has 0 saturated carbocycles. The maximum Gasteiger partial charge on any atom is 0.343 e. The van der Waals surface area contributed by atoms with Gasteiger partial charge in [-0.2, -0.15) is 5.10 Å². The lowest BCUT2D eigenvalue weighted by atomic mass is 10.1. The van der Waals surface area contributed by atoms with Gasteiger partial charge in [0.2, 0.25) is 5.13 Å². The molecule has 0 aliphatic carbocycles. The van der Waals surface area contributed by atoms with Crippen molar-refractivity contribution in [2.24, 2.45) is 5.10 Å². The first-order chi connectivity index (χ1) is 16.5. The van der Waals surface area contributed by atoms with E-state index in [0.717, 1.165) is 27.3 Å². The number of benzene rings is 3. The van der Waals surface area contributed by atoms with E-state index in [1.54, 1.807) is 41.8 Å². The average Bonchev–Trinajstić information content (AvgIpc) is 3.22. The molecule has 0 radical (unpaired) electrons. The lowest BCUT2D eigenvalue weighted by Crippen LogP contribution is -2.09. The second kappa shape index (κ2) is 10.8. The van der Waals surface area contributed by atoms with Gasteiger partial charge in [0.25, 0.3) is 0 Å². The van der Waals surface area contributed by atoms with Gasteiger partial charge in [0.05, 0.1) is 24.1 Å². The van der Waals surface area contributed by atoms with Crippen molar-refractivity contribution in [3.8, 4) is 22.8 Å². The summed E-state index contributed by atoms with van der Waals surface area (Å²) in [5.41, 5.74) is 7.37. The molecule has 1 N–H and O–H groups in total. The van der Waals surface area contributed by atoms with Crippen molar-refractivity contribution in [1.29, 1.82) is 0 Å². The molecule has 0 amide bonds. The number of anilines is 1. The number of hydrogen-bond acceptors (Lipinski definition) is 7. The highest BCUT2D eigenvalue weighted by Crippen LogP contribution is 2.31. The predicted octanol–water partition coefficient (Wildman–Crippen LogP) is 6.49. The number of rotatable bonds is 8. The van der Waals surface area contributed by atoms with E-state index in [-0.39, 0.29) is 0 Å². The van der Waals surface area contributed by atoms with Crippen LogP contribution in [0.2, 0.25) is 0 Å². The van der Waals surface area contributed by atoms with Gasteiger partial charge in [-0.05, 0) is 56.7 Å². The fourth-order valence-corrected chi connectivity index (χ4v) is 4.06. The quantitative estimate of drug-likeness (QED) is 0.138. The van der Waals surface area contributed by atoms with Crippen LogP contribution < -0.4 is 14.9 Å². The minimum atomic E-state index is -0.433. The van der Waals surface area contributed by atoms with Gasteiger partial charge in [0, 0.05) is 10.4 Å². The minimum absolute atomic E-state index is 0.362. The standard InChI is InChI=1S/C27H25N3O3S/c1-4-32-24-16-20(12-15-23(24)33-26(31)22-13-10-18(2)11-14-22)17-28-30-27-29-25(19(3)34-27)21-8-6-5-7-9-21/h5-17H,4H2,1-3H3,(H,29,30)/b28-17-. The number of aryl methyl sites for hydroxylation is 2. The Morgan fingerprint density at radius 1 is 1.03 bits per heavy atom. The molecule has 0 spiro atoms. The molecule has 6 nitrogen and oxygen atoms in total. The number of carbonyl (C=O) groups is 1. The number of thiazole rings is 1. The first-order valence-electron chi connectivity index (χ1n) is 10.9. The summed E-state index contributed by atoms with van der Waals surface area (Å²) in [6.45, 7) is 6.33. The summed E-state index contributed by atoms with van der Waals surface area (Å²) in [4.78, 5) is 18.3. The van der Waals surface area contributed by atoms with Gasteiger partial charge in [-0.1, -0.05) is 48.0 Å². The Bertz CT molecular complexity index is 1300. The van der Waals surface area contributed by atoms with Gasteiger partial charge in [-0.3, -0.25) is 5.43 Å². The summed E-state index contributed by atoms with van der Waals surface area (Å²) in [5.74, 6) is 0.404. The SMILES string of the molecule is CCOc1cc(/C=N\Nc2nc(-c3ccccc3)c(C)s2)ccc1OC(=O)c1ccc(C)cc1. The van der Waals surface area contributed by atoms with E-state index in [0.29, 0.717) is 28.8 Å². The predicted molar refractivity (Wildman–Crippen MR) is 137 cm³/mol. The molecule has 7 heteroatoms. The number of hydrazone groups is 1. The third kappa shape index (κ3) is 5.68. The summed E-state index contributed by atoms with van der Waals surface area (Å²) < 4.78 is 11.3. The lowest BCUT2D eigenvalue weighted by molar-refractivity contribution is 0.0728. The lowest BCUT2D eigenvalue weighted by Gasteiger charge is -2.11. The number of aromatic nitrogens is 1. The van der Waals surface area contributed by atoms with Gasteiger partial charge in [-0.15, -0.1) is 11.3 Å². The number of nitrogens with zero attached hydrogens (tertiary/aromatic N) is 2. The van der Waals surface area contributed by atoms with Crippen molar-refractivity contribution in [3.05, 3.63) is 94.4 Å². The monoisotopic (exact) mass is 471 g/mol.